The van der Waals surface area contributed by atoms with Crippen molar-refractivity contribution in [2.24, 2.45) is 0 Å². The molecule has 0 aliphatic carbocycles. The average Bonchev–Trinajstić information content (AvgIpc) is 3.94. The van der Waals surface area contributed by atoms with Crippen LogP contribution in [0.15, 0.2) is 113 Å². The Hall–Kier alpha value is -6.61. The van der Waals surface area contributed by atoms with Crippen molar-refractivity contribution in [1.82, 2.24) is 39.8 Å². The third-order valence-electron chi connectivity index (χ3n) is 10.6. The van der Waals surface area contributed by atoms with Crippen LogP contribution in [0, 0.1) is 0 Å². The standard InChI is InChI=1S/C45H50N8O9S2Si/c1-60-33-16-10-30(11-17-33)27-52(28-31-12-18-34(61-2)19-13-31)64(58,59)43-39(63(56,57)24-25-65(4,5)6)23-22-36(37-8-7-9-38-42(37)48-40(47-38)26-46-45(54)55)41(43)44-49-51-53(50-44)29-32-14-20-35(62-3)21-15-32/h7-23,46H,24-29H2,1-6H3,(H,47,48)(H,54,55). The number of methoxy groups -OCH3 is 3. The summed E-state index contributed by atoms with van der Waals surface area (Å²) in [6.45, 7) is 5.82. The first-order valence-corrected chi connectivity index (χ1v) is 27.3. The summed E-state index contributed by atoms with van der Waals surface area (Å²) < 4.78 is 79.2. The second-order valence-corrected chi connectivity index (χ2v) is 26.0. The highest BCUT2D eigenvalue weighted by Gasteiger charge is 2.38. The third kappa shape index (κ3) is 10.8. The molecule has 340 valence electrons. The average molecular weight is 939 g/mol. The summed E-state index contributed by atoms with van der Waals surface area (Å²) in [5.74, 6) is 1.64. The molecule has 5 aromatic carbocycles. The molecule has 7 rings (SSSR count). The molecule has 0 atom stereocenters. The first kappa shape index (κ1) is 46.4. The van der Waals surface area contributed by atoms with Crippen molar-refractivity contribution in [1.29, 1.82) is 0 Å². The second kappa shape index (κ2) is 19.2. The van der Waals surface area contributed by atoms with E-state index >= 15 is 8.42 Å². The van der Waals surface area contributed by atoms with E-state index < -0.39 is 43.8 Å². The number of fused-ring (bicyclic) bond motifs is 1. The zero-order chi connectivity index (χ0) is 46.5. The van der Waals surface area contributed by atoms with Crippen LogP contribution in [-0.4, -0.2) is 97.7 Å². The number of nitrogens with zero attached hydrogens (tertiary/aromatic N) is 6. The number of ether oxygens (including phenoxy) is 3. The highest BCUT2D eigenvalue weighted by molar-refractivity contribution is 7.93. The number of carboxylic acid groups (broad SMARTS) is 1. The van der Waals surface area contributed by atoms with Gasteiger partial charge in [-0.25, -0.2) is 26.6 Å². The number of sulfonamides is 1. The SMILES string of the molecule is COc1ccc(CN(Cc2ccc(OC)cc2)S(=O)(=O)c2c(S(=O)(=O)CC[Si](C)(C)C)ccc(-c3cccc4[nH]c(CNC(=O)O)nc34)c2-c2nnn(Cc3ccc(OC)cc3)n2)cc1. The number of hydrogen-bond donors (Lipinski definition) is 3. The van der Waals surface area contributed by atoms with E-state index in [1.807, 2.05) is 12.1 Å². The summed E-state index contributed by atoms with van der Waals surface area (Å²) in [4.78, 5) is 19.6. The molecule has 0 unspecified atom stereocenters. The molecule has 65 heavy (non-hydrogen) atoms. The maximum absolute atomic E-state index is 16.0. The highest BCUT2D eigenvalue weighted by Crippen LogP contribution is 2.43. The monoisotopic (exact) mass is 938 g/mol. The maximum atomic E-state index is 16.0. The van der Waals surface area contributed by atoms with Crippen LogP contribution in [-0.2, 0) is 46.0 Å². The van der Waals surface area contributed by atoms with E-state index in [9.17, 15) is 18.3 Å². The van der Waals surface area contributed by atoms with E-state index in [4.69, 9.17) is 24.3 Å². The van der Waals surface area contributed by atoms with Crippen LogP contribution in [0.2, 0.25) is 25.7 Å². The molecule has 2 aromatic heterocycles. The summed E-state index contributed by atoms with van der Waals surface area (Å²) in [5.41, 5.74) is 3.44. The Morgan fingerprint density at radius 1 is 0.769 bits per heavy atom. The fraction of sp³-hybridized carbons (Fsp3) is 0.267. The van der Waals surface area contributed by atoms with Gasteiger partial charge in [0.05, 0.1) is 61.7 Å². The van der Waals surface area contributed by atoms with E-state index in [2.05, 4.69) is 40.3 Å². The van der Waals surface area contributed by atoms with Crippen LogP contribution >= 0.6 is 0 Å². The summed E-state index contributed by atoms with van der Waals surface area (Å²) in [6, 6.07) is 29.6. The maximum Gasteiger partial charge on any atom is 0.405 e. The zero-order valence-electron chi connectivity index (χ0n) is 36.8. The quantitative estimate of drug-likeness (QED) is 0.0683. The number of aromatic amines is 1. The predicted molar refractivity (Wildman–Crippen MR) is 248 cm³/mol. The van der Waals surface area contributed by atoms with Crippen molar-refractivity contribution >= 4 is 45.1 Å². The summed E-state index contributed by atoms with van der Waals surface area (Å²) in [6.07, 6.45) is -1.24. The lowest BCUT2D eigenvalue weighted by Gasteiger charge is -2.26. The topological polar surface area (TPSA) is 221 Å². The van der Waals surface area contributed by atoms with Crippen LogP contribution in [0.3, 0.4) is 0 Å². The Labute approximate surface area is 378 Å². The van der Waals surface area contributed by atoms with Gasteiger partial charge in [0, 0.05) is 26.7 Å². The first-order chi connectivity index (χ1) is 31.0. The Kier molecular flexibility index (Phi) is 13.7. The van der Waals surface area contributed by atoms with Crippen molar-refractivity contribution in [2.45, 2.75) is 61.7 Å². The van der Waals surface area contributed by atoms with Gasteiger partial charge in [-0.15, -0.1) is 10.2 Å². The number of nitrogens with one attached hydrogen (secondary N) is 2. The van der Waals surface area contributed by atoms with Gasteiger partial charge in [0.15, 0.2) is 9.84 Å². The fourth-order valence-corrected chi connectivity index (χ4v) is 13.9. The molecule has 3 N–H and O–H groups in total. The van der Waals surface area contributed by atoms with Crippen molar-refractivity contribution in [3.8, 4) is 39.8 Å². The first-order valence-electron chi connectivity index (χ1n) is 20.5. The van der Waals surface area contributed by atoms with Gasteiger partial charge in [0.2, 0.25) is 15.8 Å². The molecule has 0 aliphatic heterocycles. The molecule has 2 heterocycles. The lowest BCUT2D eigenvalue weighted by Crippen LogP contribution is -2.32. The van der Waals surface area contributed by atoms with Gasteiger partial charge in [-0.1, -0.05) is 74.2 Å². The zero-order valence-corrected chi connectivity index (χ0v) is 39.4. The Morgan fingerprint density at radius 3 is 1.88 bits per heavy atom. The number of hydrogen-bond acceptors (Lipinski definition) is 12. The van der Waals surface area contributed by atoms with Crippen molar-refractivity contribution < 1.29 is 40.9 Å². The lowest BCUT2D eigenvalue weighted by molar-refractivity contribution is 0.193. The minimum atomic E-state index is -4.86. The molecular weight excluding hydrogens is 889 g/mol. The Morgan fingerprint density at radius 2 is 1.34 bits per heavy atom. The number of sulfone groups is 1. The second-order valence-electron chi connectivity index (χ2n) is 16.4. The number of para-hydroxylation sites is 1. The number of rotatable bonds is 19. The van der Waals surface area contributed by atoms with Crippen LogP contribution in [0.1, 0.15) is 22.5 Å². The summed E-state index contributed by atoms with van der Waals surface area (Å²) in [7, 11) is -6.53. The van der Waals surface area contributed by atoms with Gasteiger partial charge >= 0.3 is 6.09 Å². The van der Waals surface area contributed by atoms with E-state index in [0.29, 0.717) is 56.8 Å². The van der Waals surface area contributed by atoms with Gasteiger partial charge in [-0.3, -0.25) is 0 Å². The molecule has 0 spiro atoms. The van der Waals surface area contributed by atoms with Crippen LogP contribution in [0.25, 0.3) is 33.5 Å². The molecule has 1 amide bonds. The number of amides is 1. The number of aromatic nitrogens is 6. The number of imidazole rings is 1. The van der Waals surface area contributed by atoms with Crippen LogP contribution in [0.5, 0.6) is 17.2 Å². The Bertz CT molecular complexity index is 2980. The van der Waals surface area contributed by atoms with E-state index in [1.54, 1.807) is 92.0 Å². The van der Waals surface area contributed by atoms with Crippen molar-refractivity contribution in [3.63, 3.8) is 0 Å². The third-order valence-corrected chi connectivity index (χ3v) is 16.5. The van der Waals surface area contributed by atoms with E-state index in [1.165, 1.54) is 29.4 Å². The molecule has 0 saturated heterocycles. The lowest BCUT2D eigenvalue weighted by atomic mass is 9.98. The van der Waals surface area contributed by atoms with Crippen LogP contribution in [0.4, 0.5) is 4.79 Å². The van der Waals surface area contributed by atoms with E-state index in [0.717, 1.165) is 5.56 Å². The number of benzene rings is 5. The number of carbonyl (C=O) groups is 1. The van der Waals surface area contributed by atoms with Gasteiger partial charge in [0.25, 0.3) is 0 Å². The molecule has 0 fully saturated rings. The van der Waals surface area contributed by atoms with Gasteiger partial charge in [-0.05, 0) is 82.0 Å². The van der Waals surface area contributed by atoms with Crippen molar-refractivity contribution in [3.05, 3.63) is 126 Å². The van der Waals surface area contributed by atoms with Gasteiger partial charge in [-0.2, -0.15) is 9.10 Å². The normalized spacial score (nSPS) is 12.1. The molecule has 20 heteroatoms. The summed E-state index contributed by atoms with van der Waals surface area (Å²) in [5, 5.41) is 25.2. The highest BCUT2D eigenvalue weighted by atomic mass is 32.2. The molecule has 17 nitrogen and oxygen atoms in total. The number of H-pyrrole nitrogens is 1. The largest absolute Gasteiger partial charge is 0.497 e. The van der Waals surface area contributed by atoms with Gasteiger partial charge < -0.3 is 29.6 Å². The number of tetrazole rings is 1. The molecular formula is C45H50N8O9S2Si. The molecule has 7 aromatic rings. The van der Waals surface area contributed by atoms with Gasteiger partial charge in [0.1, 0.15) is 28.0 Å². The smallest absolute Gasteiger partial charge is 0.405 e. The Balaban J connectivity index is 1.52. The molecule has 0 saturated carbocycles. The fourth-order valence-electron chi connectivity index (χ4n) is 7.13. The van der Waals surface area contributed by atoms with E-state index in [-0.39, 0.29) is 48.9 Å². The molecule has 0 radical (unpaired) electrons. The molecule has 0 aliphatic rings. The molecule has 0 bridgehead atoms. The minimum Gasteiger partial charge on any atom is -0.497 e. The minimum absolute atomic E-state index is 0.102. The summed E-state index contributed by atoms with van der Waals surface area (Å²) >= 11 is 0. The van der Waals surface area contributed by atoms with Crippen LogP contribution < -0.4 is 19.5 Å². The predicted octanol–water partition coefficient (Wildman–Crippen LogP) is 7.23. The van der Waals surface area contributed by atoms with Crippen molar-refractivity contribution in [2.75, 3.05) is 27.1 Å².